The van der Waals surface area contributed by atoms with Crippen LogP contribution in [0.15, 0.2) is 0 Å². The van der Waals surface area contributed by atoms with E-state index in [1.807, 2.05) is 0 Å². The first-order chi connectivity index (χ1) is 9.46. The lowest BCUT2D eigenvalue weighted by Gasteiger charge is -2.24. The molecule has 1 fully saturated rings. The molecule has 20 heavy (non-hydrogen) atoms. The minimum atomic E-state index is -0.785. The summed E-state index contributed by atoms with van der Waals surface area (Å²) in [5.74, 6) is -0.0890. The average Bonchev–Trinajstić information content (AvgIpc) is 2.85. The molecule has 1 aliphatic rings. The highest BCUT2D eigenvalue weighted by atomic mass is 16.4. The van der Waals surface area contributed by atoms with Crippen molar-refractivity contribution in [2.45, 2.75) is 58.8 Å². The quantitative estimate of drug-likeness (QED) is 0.600. The molecule has 0 spiro atoms. The van der Waals surface area contributed by atoms with E-state index in [0.29, 0.717) is 25.3 Å². The number of rotatable bonds is 8. The molecule has 5 heteroatoms. The van der Waals surface area contributed by atoms with Crippen molar-refractivity contribution in [3.63, 3.8) is 0 Å². The molecule has 5 nitrogen and oxygen atoms in total. The van der Waals surface area contributed by atoms with Crippen LogP contribution in [0.2, 0.25) is 0 Å². The molecule has 0 aromatic heterocycles. The molecule has 0 atom stereocenters. The Hall–Kier alpha value is -1.26. The number of carbonyl (C=O) groups is 2. The lowest BCUT2D eigenvalue weighted by atomic mass is 9.86. The second-order valence-electron chi connectivity index (χ2n) is 6.29. The van der Waals surface area contributed by atoms with Crippen molar-refractivity contribution in [3.05, 3.63) is 0 Å². The van der Waals surface area contributed by atoms with Crippen LogP contribution in [-0.2, 0) is 4.79 Å². The van der Waals surface area contributed by atoms with Gasteiger partial charge in [0.25, 0.3) is 0 Å². The fourth-order valence-corrected chi connectivity index (χ4v) is 2.71. The molecule has 116 valence electrons. The van der Waals surface area contributed by atoms with E-state index in [-0.39, 0.29) is 12.6 Å². The molecule has 1 saturated carbocycles. The predicted octanol–water partition coefficient (Wildman–Crippen LogP) is 2.76. The van der Waals surface area contributed by atoms with Gasteiger partial charge in [-0.1, -0.05) is 39.5 Å². The summed E-state index contributed by atoms with van der Waals surface area (Å²) in [6.45, 7) is 5.26. The number of hydrogen-bond donors (Lipinski definition) is 3. The maximum Gasteiger partial charge on any atom is 0.314 e. The van der Waals surface area contributed by atoms with Crippen LogP contribution in [-0.4, -0.2) is 30.2 Å². The fraction of sp³-hybridized carbons (Fsp3) is 0.867. The zero-order valence-electron chi connectivity index (χ0n) is 12.7. The van der Waals surface area contributed by atoms with Crippen molar-refractivity contribution < 1.29 is 14.7 Å². The second kappa shape index (κ2) is 8.12. The summed E-state index contributed by atoms with van der Waals surface area (Å²) in [5.41, 5.74) is -0.741. The zero-order chi connectivity index (χ0) is 15.0. The van der Waals surface area contributed by atoms with E-state index in [9.17, 15) is 14.7 Å². The van der Waals surface area contributed by atoms with Gasteiger partial charge in [-0.05, 0) is 25.2 Å². The van der Waals surface area contributed by atoms with Crippen molar-refractivity contribution in [1.29, 1.82) is 0 Å². The fourth-order valence-electron chi connectivity index (χ4n) is 2.71. The smallest absolute Gasteiger partial charge is 0.314 e. The number of carbonyl (C=O) groups excluding carboxylic acids is 1. The van der Waals surface area contributed by atoms with Crippen molar-refractivity contribution >= 4 is 12.0 Å². The number of carboxylic acid groups (broad SMARTS) is 1. The highest BCUT2D eigenvalue weighted by Crippen LogP contribution is 2.37. The SMILES string of the molecule is CC(C)CCCCNC(=O)NCC1(C(=O)O)CCCC1. The van der Waals surface area contributed by atoms with E-state index in [2.05, 4.69) is 24.5 Å². The van der Waals surface area contributed by atoms with Crippen LogP contribution in [0, 0.1) is 11.3 Å². The summed E-state index contributed by atoms with van der Waals surface area (Å²) in [4.78, 5) is 23.0. The number of nitrogens with one attached hydrogen (secondary N) is 2. The van der Waals surface area contributed by atoms with Gasteiger partial charge in [-0.3, -0.25) is 4.79 Å². The molecule has 0 heterocycles. The van der Waals surface area contributed by atoms with Gasteiger partial charge in [0.05, 0.1) is 5.41 Å². The maximum atomic E-state index is 11.6. The van der Waals surface area contributed by atoms with Crippen molar-refractivity contribution in [3.8, 4) is 0 Å². The van der Waals surface area contributed by atoms with Crippen LogP contribution in [0.25, 0.3) is 0 Å². The van der Waals surface area contributed by atoms with Gasteiger partial charge in [0.2, 0.25) is 0 Å². The third kappa shape index (κ3) is 5.39. The minimum absolute atomic E-state index is 0.236. The molecule has 1 aliphatic carbocycles. The highest BCUT2D eigenvalue weighted by Gasteiger charge is 2.41. The first kappa shape index (κ1) is 16.8. The van der Waals surface area contributed by atoms with E-state index in [1.165, 1.54) is 6.42 Å². The molecule has 0 aromatic carbocycles. The Morgan fingerprint density at radius 3 is 2.35 bits per heavy atom. The summed E-state index contributed by atoms with van der Waals surface area (Å²) < 4.78 is 0. The summed E-state index contributed by atoms with van der Waals surface area (Å²) in [6, 6.07) is -0.248. The van der Waals surface area contributed by atoms with E-state index in [1.54, 1.807) is 0 Å². The number of unbranched alkanes of at least 4 members (excludes halogenated alkanes) is 1. The van der Waals surface area contributed by atoms with Gasteiger partial charge in [0.1, 0.15) is 0 Å². The van der Waals surface area contributed by atoms with Gasteiger partial charge in [0, 0.05) is 13.1 Å². The molecule has 2 amide bonds. The average molecular weight is 284 g/mol. The lowest BCUT2D eigenvalue weighted by molar-refractivity contribution is -0.148. The summed E-state index contributed by atoms with van der Waals surface area (Å²) >= 11 is 0. The Bertz CT molecular complexity index is 323. The Kier molecular flexibility index (Phi) is 6.82. The summed E-state index contributed by atoms with van der Waals surface area (Å²) in [6.07, 6.45) is 6.45. The number of hydrogen-bond acceptors (Lipinski definition) is 2. The topological polar surface area (TPSA) is 78.4 Å². The zero-order valence-corrected chi connectivity index (χ0v) is 12.7. The van der Waals surface area contributed by atoms with E-state index in [4.69, 9.17) is 0 Å². The van der Waals surface area contributed by atoms with Crippen LogP contribution in [0.3, 0.4) is 0 Å². The summed E-state index contributed by atoms with van der Waals surface area (Å²) in [7, 11) is 0. The second-order valence-corrected chi connectivity index (χ2v) is 6.29. The molecule has 0 unspecified atom stereocenters. The molecular formula is C15H28N2O3. The molecule has 0 aliphatic heterocycles. The first-order valence-corrected chi connectivity index (χ1v) is 7.71. The normalized spacial score (nSPS) is 17.1. The van der Waals surface area contributed by atoms with Crippen molar-refractivity contribution in [2.24, 2.45) is 11.3 Å². The lowest BCUT2D eigenvalue weighted by Crippen LogP contribution is -2.45. The molecule has 3 N–H and O–H groups in total. The Balaban J connectivity index is 2.17. The van der Waals surface area contributed by atoms with Crippen LogP contribution in [0.1, 0.15) is 58.8 Å². The number of amides is 2. The van der Waals surface area contributed by atoms with Gasteiger partial charge in [-0.2, -0.15) is 0 Å². The maximum absolute atomic E-state index is 11.6. The van der Waals surface area contributed by atoms with Gasteiger partial charge >= 0.3 is 12.0 Å². The molecule has 0 aromatic rings. The Labute approximate surface area is 121 Å². The van der Waals surface area contributed by atoms with E-state index in [0.717, 1.165) is 25.7 Å². The molecular weight excluding hydrogens is 256 g/mol. The Morgan fingerprint density at radius 2 is 1.80 bits per heavy atom. The van der Waals surface area contributed by atoms with Gasteiger partial charge in [-0.25, -0.2) is 4.79 Å². The van der Waals surface area contributed by atoms with Crippen LogP contribution in [0.4, 0.5) is 4.79 Å². The largest absolute Gasteiger partial charge is 0.481 e. The molecule has 0 saturated heterocycles. The van der Waals surface area contributed by atoms with Gasteiger partial charge < -0.3 is 15.7 Å². The van der Waals surface area contributed by atoms with Crippen molar-refractivity contribution in [1.82, 2.24) is 10.6 Å². The number of urea groups is 1. The predicted molar refractivity (Wildman–Crippen MR) is 78.6 cm³/mol. The first-order valence-electron chi connectivity index (χ1n) is 7.71. The van der Waals surface area contributed by atoms with Gasteiger partial charge in [-0.15, -0.1) is 0 Å². The summed E-state index contributed by atoms with van der Waals surface area (Å²) in [5, 5.41) is 14.8. The third-order valence-electron chi connectivity index (χ3n) is 4.10. The van der Waals surface area contributed by atoms with Crippen LogP contribution >= 0.6 is 0 Å². The van der Waals surface area contributed by atoms with Crippen molar-refractivity contribution in [2.75, 3.05) is 13.1 Å². The van der Waals surface area contributed by atoms with Crippen LogP contribution < -0.4 is 10.6 Å². The van der Waals surface area contributed by atoms with E-state index < -0.39 is 11.4 Å². The highest BCUT2D eigenvalue weighted by molar-refractivity contribution is 5.78. The monoisotopic (exact) mass is 284 g/mol. The molecule has 1 rings (SSSR count). The Morgan fingerprint density at radius 1 is 1.15 bits per heavy atom. The number of carboxylic acids is 1. The van der Waals surface area contributed by atoms with Gasteiger partial charge in [0.15, 0.2) is 0 Å². The standard InChI is InChI=1S/C15H28N2O3/c1-12(2)7-3-6-10-16-14(20)17-11-15(13(18)19)8-4-5-9-15/h12H,3-11H2,1-2H3,(H,18,19)(H2,16,17,20). The van der Waals surface area contributed by atoms with E-state index >= 15 is 0 Å². The van der Waals surface area contributed by atoms with Crippen LogP contribution in [0.5, 0.6) is 0 Å². The number of aliphatic carboxylic acids is 1. The molecule has 0 radical (unpaired) electrons. The third-order valence-corrected chi connectivity index (χ3v) is 4.10. The minimum Gasteiger partial charge on any atom is -0.481 e. The molecule has 0 bridgehead atoms.